The lowest BCUT2D eigenvalue weighted by Gasteiger charge is -2.07. The Bertz CT molecular complexity index is 946. The Kier molecular flexibility index (Phi) is 4.78. The smallest absolute Gasteiger partial charge is 0.343 e. The average molecular weight is 357 g/mol. The number of amides is 1. The number of nitrogens with zero attached hydrogens (tertiary/aromatic N) is 3. The Morgan fingerprint density at radius 1 is 1.31 bits per heavy atom. The Morgan fingerprint density at radius 3 is 2.73 bits per heavy atom. The number of carbonyl (C=O) groups excluding carboxylic acids is 2. The van der Waals surface area contributed by atoms with E-state index in [1.54, 1.807) is 26.1 Å². The van der Waals surface area contributed by atoms with Crippen LogP contribution in [0.25, 0.3) is 11.3 Å². The van der Waals surface area contributed by atoms with Crippen LogP contribution in [0.1, 0.15) is 27.8 Å². The lowest BCUT2D eigenvalue weighted by Crippen LogP contribution is -2.18. The number of aromatic amines is 1. The molecule has 0 spiro atoms. The second-order valence-electron chi connectivity index (χ2n) is 5.38. The molecular formula is C17H16FN5O3. The number of esters is 1. The Labute approximate surface area is 148 Å². The van der Waals surface area contributed by atoms with E-state index >= 15 is 0 Å². The normalized spacial score (nSPS) is 10.6. The molecule has 0 aliphatic heterocycles. The van der Waals surface area contributed by atoms with Gasteiger partial charge in [-0.25, -0.2) is 9.18 Å². The molecule has 1 aromatic carbocycles. The van der Waals surface area contributed by atoms with Gasteiger partial charge in [-0.3, -0.25) is 14.6 Å². The van der Waals surface area contributed by atoms with E-state index < -0.39 is 11.9 Å². The van der Waals surface area contributed by atoms with Gasteiger partial charge >= 0.3 is 5.97 Å². The summed E-state index contributed by atoms with van der Waals surface area (Å²) < 4.78 is 19.3. The maximum atomic E-state index is 13.0. The number of carbonyl (C=O) groups is 2. The Hall–Kier alpha value is -3.49. The highest BCUT2D eigenvalue weighted by molar-refractivity contribution is 6.06. The molecule has 26 heavy (non-hydrogen) atoms. The molecule has 134 valence electrons. The minimum Gasteiger partial charge on any atom is -0.462 e. The van der Waals surface area contributed by atoms with Crippen LogP contribution in [0.4, 0.5) is 10.2 Å². The summed E-state index contributed by atoms with van der Waals surface area (Å²) >= 11 is 0. The van der Waals surface area contributed by atoms with Crippen LogP contribution in [-0.2, 0) is 11.8 Å². The molecule has 0 saturated heterocycles. The van der Waals surface area contributed by atoms with Crippen LogP contribution >= 0.6 is 0 Å². The fraction of sp³-hybridized carbons (Fsp3) is 0.176. The van der Waals surface area contributed by atoms with Gasteiger partial charge in [0.2, 0.25) is 0 Å². The van der Waals surface area contributed by atoms with Crippen molar-refractivity contribution < 1.29 is 18.7 Å². The van der Waals surface area contributed by atoms with E-state index in [2.05, 4.69) is 20.6 Å². The molecule has 8 nitrogen and oxygen atoms in total. The number of hydrogen-bond acceptors (Lipinski definition) is 5. The van der Waals surface area contributed by atoms with Gasteiger partial charge in [0.25, 0.3) is 5.91 Å². The molecule has 0 aliphatic rings. The van der Waals surface area contributed by atoms with Crippen molar-refractivity contribution in [2.75, 3.05) is 11.9 Å². The first-order valence-electron chi connectivity index (χ1n) is 7.81. The Balaban J connectivity index is 1.80. The number of nitrogens with one attached hydrogen (secondary N) is 2. The molecule has 1 amide bonds. The fourth-order valence-electron chi connectivity index (χ4n) is 2.33. The summed E-state index contributed by atoms with van der Waals surface area (Å²) in [5, 5.41) is 13.3. The lowest BCUT2D eigenvalue weighted by molar-refractivity contribution is 0.0527. The van der Waals surface area contributed by atoms with E-state index in [0.29, 0.717) is 11.3 Å². The van der Waals surface area contributed by atoms with E-state index in [1.165, 1.54) is 29.1 Å². The molecule has 9 heteroatoms. The van der Waals surface area contributed by atoms with Crippen molar-refractivity contribution in [3.05, 3.63) is 53.6 Å². The predicted octanol–water partition coefficient (Wildman–Crippen LogP) is 2.38. The number of aromatic nitrogens is 4. The van der Waals surface area contributed by atoms with Crippen molar-refractivity contribution in [1.29, 1.82) is 0 Å². The molecule has 0 bridgehead atoms. The molecule has 0 aliphatic carbocycles. The van der Waals surface area contributed by atoms with Crippen LogP contribution in [-0.4, -0.2) is 38.5 Å². The molecular weight excluding hydrogens is 341 g/mol. The van der Waals surface area contributed by atoms with Crippen molar-refractivity contribution in [2.24, 2.45) is 7.05 Å². The van der Waals surface area contributed by atoms with Crippen LogP contribution in [0, 0.1) is 5.82 Å². The van der Waals surface area contributed by atoms with E-state index in [0.717, 1.165) is 0 Å². The summed E-state index contributed by atoms with van der Waals surface area (Å²) in [5.41, 5.74) is 1.49. The monoisotopic (exact) mass is 357 g/mol. The van der Waals surface area contributed by atoms with Gasteiger partial charge in [0.05, 0.1) is 18.5 Å². The number of aryl methyl sites for hydroxylation is 1. The Morgan fingerprint density at radius 2 is 2.04 bits per heavy atom. The highest BCUT2D eigenvalue weighted by Gasteiger charge is 2.20. The van der Waals surface area contributed by atoms with E-state index in [-0.39, 0.29) is 29.5 Å². The second kappa shape index (κ2) is 7.18. The number of hydrogen-bond donors (Lipinski definition) is 2. The van der Waals surface area contributed by atoms with Gasteiger partial charge in [-0.15, -0.1) is 0 Å². The first kappa shape index (κ1) is 17.3. The molecule has 3 aromatic rings. The van der Waals surface area contributed by atoms with Crippen LogP contribution < -0.4 is 5.32 Å². The van der Waals surface area contributed by atoms with Gasteiger partial charge < -0.3 is 10.1 Å². The van der Waals surface area contributed by atoms with E-state index in [1.807, 2.05) is 0 Å². The molecule has 0 fully saturated rings. The van der Waals surface area contributed by atoms with Gasteiger partial charge in [-0.2, -0.15) is 10.2 Å². The highest BCUT2D eigenvalue weighted by Crippen LogP contribution is 2.20. The molecule has 0 atom stereocenters. The van der Waals surface area contributed by atoms with E-state index in [9.17, 15) is 14.0 Å². The van der Waals surface area contributed by atoms with Crippen LogP contribution in [0.5, 0.6) is 0 Å². The van der Waals surface area contributed by atoms with E-state index in [4.69, 9.17) is 4.74 Å². The first-order valence-corrected chi connectivity index (χ1v) is 7.81. The zero-order valence-corrected chi connectivity index (χ0v) is 14.1. The van der Waals surface area contributed by atoms with Crippen molar-refractivity contribution in [3.63, 3.8) is 0 Å². The molecule has 2 N–H and O–H groups in total. The number of benzene rings is 1. The summed E-state index contributed by atoms with van der Waals surface area (Å²) in [6.07, 6.45) is 1.32. The van der Waals surface area contributed by atoms with Crippen LogP contribution in [0.2, 0.25) is 0 Å². The van der Waals surface area contributed by atoms with Gasteiger partial charge in [-0.1, -0.05) is 0 Å². The first-order chi connectivity index (χ1) is 12.5. The zero-order chi connectivity index (χ0) is 18.7. The third-order valence-electron chi connectivity index (χ3n) is 3.63. The largest absolute Gasteiger partial charge is 0.462 e. The lowest BCUT2D eigenvalue weighted by atomic mass is 10.1. The molecule has 0 radical (unpaired) electrons. The zero-order valence-electron chi connectivity index (χ0n) is 14.1. The molecule has 2 aromatic heterocycles. The maximum Gasteiger partial charge on any atom is 0.343 e. The average Bonchev–Trinajstić information content (AvgIpc) is 3.24. The summed E-state index contributed by atoms with van der Waals surface area (Å²) in [7, 11) is 1.59. The predicted molar refractivity (Wildman–Crippen MR) is 91.1 cm³/mol. The van der Waals surface area contributed by atoms with Crippen LogP contribution in [0.15, 0.2) is 36.5 Å². The SMILES string of the molecule is CCOC(=O)c1cnn(C)c1NC(=O)c1cc(-c2ccc(F)cc2)n[nH]1. The summed E-state index contributed by atoms with van der Waals surface area (Å²) in [6, 6.07) is 7.28. The number of halogens is 1. The number of H-pyrrole nitrogens is 1. The summed E-state index contributed by atoms with van der Waals surface area (Å²) in [4.78, 5) is 24.4. The standard InChI is InChI=1S/C17H16FN5O3/c1-3-26-17(25)12-9-19-23(2)15(12)20-16(24)14-8-13(21-22-14)10-4-6-11(18)7-5-10/h4-9H,3H2,1-2H3,(H,20,24)(H,21,22). The van der Waals surface area contributed by atoms with Crippen molar-refractivity contribution >= 4 is 17.7 Å². The summed E-state index contributed by atoms with van der Waals surface area (Å²) in [5.74, 6) is -1.22. The minimum absolute atomic E-state index is 0.154. The fourth-order valence-corrected chi connectivity index (χ4v) is 2.33. The van der Waals surface area contributed by atoms with Crippen molar-refractivity contribution in [1.82, 2.24) is 20.0 Å². The van der Waals surface area contributed by atoms with Gasteiger partial charge in [0.1, 0.15) is 22.9 Å². The molecule has 0 saturated carbocycles. The molecule has 2 heterocycles. The third kappa shape index (κ3) is 3.46. The van der Waals surface area contributed by atoms with Crippen molar-refractivity contribution in [3.8, 4) is 11.3 Å². The minimum atomic E-state index is -0.576. The number of ether oxygens (including phenoxy) is 1. The van der Waals surface area contributed by atoms with Crippen molar-refractivity contribution in [2.45, 2.75) is 6.92 Å². The third-order valence-corrected chi connectivity index (χ3v) is 3.63. The number of rotatable bonds is 5. The molecule has 3 rings (SSSR count). The summed E-state index contributed by atoms with van der Waals surface area (Å²) in [6.45, 7) is 1.90. The topological polar surface area (TPSA) is 102 Å². The second-order valence-corrected chi connectivity index (χ2v) is 5.38. The number of anilines is 1. The maximum absolute atomic E-state index is 13.0. The van der Waals surface area contributed by atoms with Crippen LogP contribution in [0.3, 0.4) is 0 Å². The van der Waals surface area contributed by atoms with Gasteiger partial charge in [0, 0.05) is 12.6 Å². The highest BCUT2D eigenvalue weighted by atomic mass is 19.1. The van der Waals surface area contributed by atoms with Gasteiger partial charge in [0.15, 0.2) is 0 Å². The quantitative estimate of drug-likeness (QED) is 0.683. The van der Waals surface area contributed by atoms with Gasteiger partial charge in [-0.05, 0) is 37.3 Å². The molecule has 0 unspecified atom stereocenters.